The third-order valence-electron chi connectivity index (χ3n) is 10.1. The van der Waals surface area contributed by atoms with Crippen LogP contribution in [0.2, 0.25) is 0 Å². The topological polar surface area (TPSA) is 282 Å². The first-order valence-corrected chi connectivity index (χ1v) is 26.2. The van der Waals surface area contributed by atoms with Crippen LogP contribution in [-0.4, -0.2) is 60.4 Å². The zero-order chi connectivity index (χ0) is 49.0. The van der Waals surface area contributed by atoms with E-state index in [9.17, 15) is 42.8 Å². The van der Waals surface area contributed by atoms with E-state index >= 15 is 0 Å². The first-order valence-electron chi connectivity index (χ1n) is 18.8. The second kappa shape index (κ2) is 20.6. The Balaban J connectivity index is 1.27. The largest absolute Gasteiger partial charge is 0.497 e. The minimum absolute atomic E-state index is 0.00524. The lowest BCUT2D eigenvalue weighted by atomic mass is 9.78. The van der Waals surface area contributed by atoms with Gasteiger partial charge in [0, 0.05) is 10.3 Å². The molecule has 0 heterocycles. The standard InChI is InChI=1S/C42H38O19S6/c1-26-5-12-33(23-38(26)62-60-58-43)65(47,48)34-17-20-37(41(24-34)67(52,53)54)57-35-18-8-28(21-39(35)63-61-59-44)42(2,3)29-9-19-36(40(22-29)66(49,50)51)56-25-27-6-13-31(14-7-27)64(45,46)32-15-10-30(55-4)11-16-32/h5-24,43-44H,25H2,1-4H3,(H,49,50,51)(H,52,53,54). The average molecular weight is 1040 g/mol. The Morgan fingerprint density at radius 1 is 0.537 bits per heavy atom. The van der Waals surface area contributed by atoms with Crippen LogP contribution in [0.5, 0.6) is 23.0 Å². The summed E-state index contributed by atoms with van der Waals surface area (Å²) in [5.74, 6) is -0.413. The van der Waals surface area contributed by atoms with Crippen molar-refractivity contribution in [1.82, 2.24) is 0 Å². The number of methoxy groups -OCH3 is 1. The molecule has 0 amide bonds. The third-order valence-corrected chi connectivity index (χ3v) is 16.8. The van der Waals surface area contributed by atoms with Gasteiger partial charge < -0.3 is 14.2 Å². The fourth-order valence-corrected chi connectivity index (χ4v) is 11.4. The normalized spacial score (nSPS) is 12.5. The van der Waals surface area contributed by atoms with E-state index in [2.05, 4.69) is 18.7 Å². The molecule has 0 bridgehead atoms. The van der Waals surface area contributed by atoms with E-state index < -0.39 is 65.8 Å². The highest BCUT2D eigenvalue weighted by molar-refractivity contribution is 7.95. The lowest BCUT2D eigenvalue weighted by molar-refractivity contribution is -0.432. The van der Waals surface area contributed by atoms with Crippen LogP contribution in [0, 0.1) is 6.92 Å². The second-order valence-electron chi connectivity index (χ2n) is 14.6. The number of aryl methyl sites for hydroxylation is 1. The molecule has 0 atom stereocenters. The molecule has 0 aliphatic heterocycles. The number of benzene rings is 6. The summed E-state index contributed by atoms with van der Waals surface area (Å²) >= 11 is 0.910. The van der Waals surface area contributed by atoms with Gasteiger partial charge in [0.25, 0.3) is 20.2 Å². The minimum atomic E-state index is -5.17. The predicted octanol–water partition coefficient (Wildman–Crippen LogP) is 8.72. The highest BCUT2D eigenvalue weighted by atomic mass is 32.2. The zero-order valence-corrected chi connectivity index (χ0v) is 40.0. The number of rotatable bonds is 20. The Labute approximate surface area is 393 Å². The van der Waals surface area contributed by atoms with Gasteiger partial charge in [0.2, 0.25) is 19.7 Å². The molecule has 0 saturated heterocycles. The second-order valence-corrected chi connectivity index (χ2v) is 22.8. The highest BCUT2D eigenvalue weighted by Gasteiger charge is 2.30. The van der Waals surface area contributed by atoms with E-state index in [1.54, 1.807) is 26.8 Å². The SMILES string of the molecule is COc1ccc(S(=O)(=O)c2ccc(COc3ccc(C(C)(C)c4ccc(Oc5ccc(S(=O)(=O)c6ccc(C)c(SOOO)c6)cc5S(=O)(=O)O)c(SOOO)c4)cc3S(=O)(=O)O)cc2)cc1. The molecule has 4 N–H and O–H groups in total. The van der Waals surface area contributed by atoms with Crippen molar-refractivity contribution in [2.75, 3.05) is 7.11 Å². The summed E-state index contributed by atoms with van der Waals surface area (Å²) in [4.78, 5) is -2.06. The van der Waals surface area contributed by atoms with E-state index in [1.807, 2.05) is 0 Å². The molecule has 19 nitrogen and oxygen atoms in total. The van der Waals surface area contributed by atoms with Crippen LogP contribution in [0.3, 0.4) is 0 Å². The van der Waals surface area contributed by atoms with Crippen LogP contribution in [0.25, 0.3) is 0 Å². The molecule has 6 aromatic rings. The van der Waals surface area contributed by atoms with Crippen molar-refractivity contribution in [3.63, 3.8) is 0 Å². The Kier molecular flexibility index (Phi) is 15.8. The summed E-state index contributed by atoms with van der Waals surface area (Å²) in [5.41, 5.74) is 0.699. The summed E-state index contributed by atoms with van der Waals surface area (Å²) in [6.45, 7) is 4.81. The molecule has 6 rings (SSSR count). The molecule has 67 heavy (non-hydrogen) atoms. The number of hydrogen-bond donors (Lipinski definition) is 4. The van der Waals surface area contributed by atoms with Crippen LogP contribution < -0.4 is 14.2 Å². The van der Waals surface area contributed by atoms with Crippen molar-refractivity contribution in [1.29, 1.82) is 0 Å². The van der Waals surface area contributed by atoms with Crippen molar-refractivity contribution in [3.05, 3.63) is 144 Å². The summed E-state index contributed by atoms with van der Waals surface area (Å²) in [6.07, 6.45) is 0. The zero-order valence-electron chi connectivity index (χ0n) is 35.1. The molecule has 0 unspecified atom stereocenters. The maximum absolute atomic E-state index is 13.6. The highest BCUT2D eigenvalue weighted by Crippen LogP contribution is 2.43. The van der Waals surface area contributed by atoms with E-state index in [1.165, 1.54) is 104 Å². The van der Waals surface area contributed by atoms with Crippen molar-refractivity contribution in [2.24, 2.45) is 0 Å². The van der Waals surface area contributed by atoms with Gasteiger partial charge in [0.1, 0.15) is 39.4 Å². The summed E-state index contributed by atoms with van der Waals surface area (Å²) in [7, 11) is -16.9. The van der Waals surface area contributed by atoms with Crippen molar-refractivity contribution < 1.29 is 86.2 Å². The van der Waals surface area contributed by atoms with Crippen LogP contribution >= 0.6 is 24.1 Å². The van der Waals surface area contributed by atoms with Gasteiger partial charge in [-0.25, -0.2) is 27.4 Å². The maximum Gasteiger partial charge on any atom is 0.298 e. The summed E-state index contributed by atoms with van der Waals surface area (Å²) in [5, 5.41) is 24.9. The minimum Gasteiger partial charge on any atom is -0.497 e. The van der Waals surface area contributed by atoms with Crippen molar-refractivity contribution in [3.8, 4) is 23.0 Å². The number of hydrogen-bond acceptors (Lipinski definition) is 19. The molecule has 6 aromatic carbocycles. The van der Waals surface area contributed by atoms with Gasteiger partial charge in [-0.2, -0.15) is 16.8 Å². The smallest absolute Gasteiger partial charge is 0.298 e. The lowest BCUT2D eigenvalue weighted by Crippen LogP contribution is -2.20. The van der Waals surface area contributed by atoms with Crippen LogP contribution in [-0.2, 0) is 70.7 Å². The van der Waals surface area contributed by atoms with Gasteiger partial charge in [-0.05, 0) is 120 Å². The Morgan fingerprint density at radius 3 is 1.60 bits per heavy atom. The average Bonchev–Trinajstić information content (AvgIpc) is 3.29. The fraction of sp³-hybridized carbons (Fsp3) is 0.143. The van der Waals surface area contributed by atoms with Gasteiger partial charge >= 0.3 is 0 Å². The molecule has 356 valence electrons. The molecule has 0 aliphatic carbocycles. The number of ether oxygens (including phenoxy) is 3. The first-order chi connectivity index (χ1) is 31.5. The molecule has 0 radical (unpaired) electrons. The molecular weight excluding hydrogens is 1000 g/mol. The van der Waals surface area contributed by atoms with Gasteiger partial charge in [-0.1, -0.05) is 54.3 Å². The van der Waals surface area contributed by atoms with E-state index in [-0.39, 0.29) is 42.6 Å². The van der Waals surface area contributed by atoms with E-state index in [0.29, 0.717) is 58.2 Å². The number of sulfone groups is 2. The summed E-state index contributed by atoms with van der Waals surface area (Å²) in [6, 6.07) is 26.6. The maximum atomic E-state index is 13.6. The van der Waals surface area contributed by atoms with E-state index in [0.717, 1.165) is 12.1 Å². The first kappa shape index (κ1) is 51.3. The molecule has 0 saturated carbocycles. The Morgan fingerprint density at radius 2 is 1.01 bits per heavy atom. The molecule has 0 fully saturated rings. The van der Waals surface area contributed by atoms with Gasteiger partial charge in [0.15, 0.2) is 0 Å². The van der Waals surface area contributed by atoms with E-state index in [4.69, 9.17) is 24.7 Å². The van der Waals surface area contributed by atoms with Crippen molar-refractivity contribution >= 4 is 64.0 Å². The summed E-state index contributed by atoms with van der Waals surface area (Å²) < 4.78 is 151. The third kappa shape index (κ3) is 11.8. The molecule has 0 aliphatic rings. The van der Waals surface area contributed by atoms with Gasteiger partial charge in [0.05, 0.1) is 55.7 Å². The van der Waals surface area contributed by atoms with Crippen LogP contribution in [0.15, 0.2) is 160 Å². The van der Waals surface area contributed by atoms with Gasteiger partial charge in [-0.3, -0.25) is 9.11 Å². The molecular formula is C42H38O19S6. The quantitative estimate of drug-likeness (QED) is 0.0241. The predicted molar refractivity (Wildman–Crippen MR) is 238 cm³/mol. The fourth-order valence-electron chi connectivity index (χ4n) is 6.38. The molecule has 0 spiro atoms. The lowest BCUT2D eigenvalue weighted by Gasteiger charge is -2.28. The molecule has 25 heteroatoms. The Hall–Kier alpha value is -5.10. The van der Waals surface area contributed by atoms with Crippen LogP contribution in [0.1, 0.15) is 36.1 Å². The van der Waals surface area contributed by atoms with Gasteiger partial charge in [-0.15, -0.1) is 8.67 Å². The monoisotopic (exact) mass is 1040 g/mol. The molecule has 0 aromatic heterocycles. The van der Waals surface area contributed by atoms with Crippen LogP contribution in [0.4, 0.5) is 0 Å². The van der Waals surface area contributed by atoms with Crippen molar-refractivity contribution in [2.45, 2.75) is 72.0 Å². The Bertz CT molecular complexity index is 3230.